The van der Waals surface area contributed by atoms with Crippen molar-refractivity contribution in [2.45, 2.75) is 26.2 Å². The van der Waals surface area contributed by atoms with E-state index >= 15 is 0 Å². The van der Waals surface area contributed by atoms with E-state index in [2.05, 4.69) is 10.3 Å². The number of hydrogen-bond donors (Lipinski definition) is 2. The highest BCUT2D eigenvalue weighted by atomic mass is 16.4. The fraction of sp³-hybridized carbons (Fsp3) is 0.308. The van der Waals surface area contributed by atoms with E-state index in [-0.39, 0.29) is 5.91 Å². The number of carbonyl (C=O) groups is 2. The highest BCUT2D eigenvalue weighted by Crippen LogP contribution is 2.07. The third-order valence-electron chi connectivity index (χ3n) is 2.19. The van der Waals surface area contributed by atoms with E-state index in [1.165, 1.54) is 6.08 Å². The minimum Gasteiger partial charge on any atom is -0.478 e. The topological polar surface area (TPSA) is 79.3 Å². The van der Waals surface area contributed by atoms with Crippen LogP contribution < -0.4 is 5.32 Å². The summed E-state index contributed by atoms with van der Waals surface area (Å²) < 4.78 is 0. The van der Waals surface area contributed by atoms with Crippen LogP contribution in [0.5, 0.6) is 0 Å². The molecule has 1 aromatic rings. The van der Waals surface area contributed by atoms with E-state index in [0.717, 1.165) is 18.9 Å². The van der Waals surface area contributed by atoms with Gasteiger partial charge in [0.2, 0.25) is 5.91 Å². The number of carbonyl (C=O) groups excluding carboxylic acids is 1. The highest BCUT2D eigenvalue weighted by Gasteiger charge is 2.02. The summed E-state index contributed by atoms with van der Waals surface area (Å²) in [6.07, 6.45) is 4.65. The maximum Gasteiger partial charge on any atom is 0.328 e. The van der Waals surface area contributed by atoms with Gasteiger partial charge in [-0.3, -0.25) is 4.79 Å². The van der Waals surface area contributed by atoms with E-state index in [0.29, 0.717) is 17.9 Å². The van der Waals surface area contributed by atoms with Gasteiger partial charge in [0, 0.05) is 12.5 Å². The number of hydrogen-bond acceptors (Lipinski definition) is 3. The molecule has 1 aromatic heterocycles. The lowest BCUT2D eigenvalue weighted by atomic mass is 10.2. The maximum atomic E-state index is 11.5. The number of aliphatic carboxylic acids is 1. The number of nitrogens with zero attached hydrogens (tertiary/aromatic N) is 1. The summed E-state index contributed by atoms with van der Waals surface area (Å²) in [6, 6.07) is 5.05. The largest absolute Gasteiger partial charge is 0.478 e. The van der Waals surface area contributed by atoms with Crippen LogP contribution in [-0.2, 0) is 9.59 Å². The van der Waals surface area contributed by atoms with Gasteiger partial charge >= 0.3 is 5.97 Å². The van der Waals surface area contributed by atoms with E-state index in [9.17, 15) is 9.59 Å². The van der Waals surface area contributed by atoms with Gasteiger partial charge in [0.05, 0.1) is 5.69 Å². The van der Waals surface area contributed by atoms with Crippen molar-refractivity contribution >= 4 is 23.8 Å². The van der Waals surface area contributed by atoms with Crippen LogP contribution in [0.1, 0.15) is 31.9 Å². The quantitative estimate of drug-likeness (QED) is 0.757. The maximum absolute atomic E-state index is 11.5. The molecule has 0 saturated carbocycles. The molecule has 0 radical (unpaired) electrons. The average Bonchev–Trinajstić information content (AvgIpc) is 2.34. The Morgan fingerprint density at radius 1 is 1.44 bits per heavy atom. The summed E-state index contributed by atoms with van der Waals surface area (Å²) in [5.74, 6) is -0.679. The lowest BCUT2D eigenvalue weighted by Crippen LogP contribution is -2.12. The zero-order valence-corrected chi connectivity index (χ0v) is 10.2. The Kier molecular flexibility index (Phi) is 5.57. The molecule has 0 spiro atoms. The number of unbranched alkanes of at least 4 members (excludes halogenated alkanes) is 1. The van der Waals surface area contributed by atoms with Crippen LogP contribution in [0, 0.1) is 0 Å². The SMILES string of the molecule is CCCCC(=O)Nc1cccc(/C=C/C(=O)O)n1. The molecule has 2 N–H and O–H groups in total. The first kappa shape index (κ1) is 13.9. The highest BCUT2D eigenvalue weighted by molar-refractivity contribution is 5.90. The van der Waals surface area contributed by atoms with Crippen LogP contribution in [0.2, 0.25) is 0 Å². The van der Waals surface area contributed by atoms with Gasteiger partial charge in [-0.15, -0.1) is 0 Å². The van der Waals surface area contributed by atoms with Gasteiger partial charge in [0.15, 0.2) is 0 Å². The second kappa shape index (κ2) is 7.21. The second-order valence-corrected chi connectivity index (χ2v) is 3.77. The smallest absolute Gasteiger partial charge is 0.328 e. The summed E-state index contributed by atoms with van der Waals surface area (Å²) in [4.78, 5) is 26.0. The molecule has 0 aliphatic rings. The molecule has 5 heteroatoms. The van der Waals surface area contributed by atoms with E-state index < -0.39 is 5.97 Å². The normalized spacial score (nSPS) is 10.5. The van der Waals surface area contributed by atoms with E-state index in [1.807, 2.05) is 6.92 Å². The van der Waals surface area contributed by atoms with Crippen molar-refractivity contribution in [2.24, 2.45) is 0 Å². The monoisotopic (exact) mass is 248 g/mol. The van der Waals surface area contributed by atoms with Crippen LogP contribution in [0.3, 0.4) is 0 Å². The molecule has 0 atom stereocenters. The minimum absolute atomic E-state index is 0.0799. The Hall–Kier alpha value is -2.17. The van der Waals surface area contributed by atoms with E-state index in [1.54, 1.807) is 18.2 Å². The molecular weight excluding hydrogens is 232 g/mol. The Labute approximate surface area is 106 Å². The predicted octanol–water partition coefficient (Wildman–Crippen LogP) is 2.31. The van der Waals surface area contributed by atoms with Crippen LogP contribution in [0.4, 0.5) is 5.82 Å². The molecule has 0 aliphatic heterocycles. The number of pyridine rings is 1. The van der Waals surface area contributed by atoms with Crippen molar-refractivity contribution in [1.82, 2.24) is 4.98 Å². The van der Waals surface area contributed by atoms with Gasteiger partial charge in [-0.2, -0.15) is 0 Å². The van der Waals surface area contributed by atoms with Crippen molar-refractivity contribution in [3.63, 3.8) is 0 Å². The third kappa shape index (κ3) is 5.25. The minimum atomic E-state index is -1.03. The number of rotatable bonds is 6. The Morgan fingerprint density at radius 3 is 2.89 bits per heavy atom. The molecule has 0 unspecified atom stereocenters. The molecule has 0 bridgehead atoms. The van der Waals surface area contributed by atoms with Crippen molar-refractivity contribution < 1.29 is 14.7 Å². The molecule has 1 heterocycles. The van der Waals surface area contributed by atoms with Crippen LogP contribution >= 0.6 is 0 Å². The molecule has 1 amide bonds. The zero-order chi connectivity index (χ0) is 13.4. The molecular formula is C13H16N2O3. The fourth-order valence-electron chi connectivity index (χ4n) is 1.31. The van der Waals surface area contributed by atoms with Gasteiger partial charge in [0.1, 0.15) is 5.82 Å². The first-order valence-electron chi connectivity index (χ1n) is 5.79. The van der Waals surface area contributed by atoms with Crippen LogP contribution in [0.25, 0.3) is 6.08 Å². The third-order valence-corrected chi connectivity index (χ3v) is 2.19. The standard InChI is InChI=1S/C13H16N2O3/c1-2-3-7-12(16)15-11-6-4-5-10(14-11)8-9-13(17)18/h4-6,8-9H,2-3,7H2,1H3,(H,17,18)(H,14,15,16)/b9-8+. The number of amides is 1. The van der Waals surface area contributed by atoms with Gasteiger partial charge in [-0.1, -0.05) is 19.4 Å². The Bertz CT molecular complexity index is 455. The van der Waals surface area contributed by atoms with Crippen LogP contribution in [-0.4, -0.2) is 22.0 Å². The Balaban J connectivity index is 2.64. The molecule has 0 aromatic carbocycles. The lowest BCUT2D eigenvalue weighted by molar-refractivity contribution is -0.131. The molecule has 0 aliphatic carbocycles. The average molecular weight is 248 g/mol. The van der Waals surface area contributed by atoms with Crippen molar-refractivity contribution in [1.29, 1.82) is 0 Å². The number of carboxylic acid groups (broad SMARTS) is 1. The van der Waals surface area contributed by atoms with Crippen molar-refractivity contribution in [2.75, 3.05) is 5.32 Å². The van der Waals surface area contributed by atoms with Crippen molar-refractivity contribution in [3.8, 4) is 0 Å². The number of nitrogens with one attached hydrogen (secondary N) is 1. The first-order valence-corrected chi connectivity index (χ1v) is 5.79. The molecule has 5 nitrogen and oxygen atoms in total. The van der Waals surface area contributed by atoms with Gasteiger partial charge in [0.25, 0.3) is 0 Å². The van der Waals surface area contributed by atoms with E-state index in [4.69, 9.17) is 5.11 Å². The summed E-state index contributed by atoms with van der Waals surface area (Å²) >= 11 is 0. The molecule has 96 valence electrons. The second-order valence-electron chi connectivity index (χ2n) is 3.77. The first-order chi connectivity index (χ1) is 8.61. The zero-order valence-electron chi connectivity index (χ0n) is 10.2. The van der Waals surface area contributed by atoms with Crippen molar-refractivity contribution in [3.05, 3.63) is 30.0 Å². The van der Waals surface area contributed by atoms with Gasteiger partial charge < -0.3 is 10.4 Å². The summed E-state index contributed by atoms with van der Waals surface area (Å²) in [5, 5.41) is 11.2. The summed E-state index contributed by atoms with van der Waals surface area (Å²) in [6.45, 7) is 2.02. The molecule has 0 fully saturated rings. The summed E-state index contributed by atoms with van der Waals surface area (Å²) in [7, 11) is 0. The summed E-state index contributed by atoms with van der Waals surface area (Å²) in [5.41, 5.74) is 0.491. The number of carboxylic acids is 1. The molecule has 0 saturated heterocycles. The number of anilines is 1. The molecule has 18 heavy (non-hydrogen) atoms. The predicted molar refractivity (Wildman–Crippen MR) is 69.1 cm³/mol. The van der Waals surface area contributed by atoms with Crippen LogP contribution in [0.15, 0.2) is 24.3 Å². The fourth-order valence-corrected chi connectivity index (χ4v) is 1.31. The lowest BCUT2D eigenvalue weighted by Gasteiger charge is -2.04. The molecule has 1 rings (SSSR count). The Morgan fingerprint density at radius 2 is 2.22 bits per heavy atom. The van der Waals surface area contributed by atoms with Gasteiger partial charge in [-0.25, -0.2) is 9.78 Å². The number of aromatic nitrogens is 1. The van der Waals surface area contributed by atoms with Gasteiger partial charge in [-0.05, 0) is 24.6 Å².